The second-order valence-electron chi connectivity index (χ2n) is 17.2. The molecule has 4 aliphatic heterocycles. The van der Waals surface area contributed by atoms with Gasteiger partial charge in [0.1, 0.15) is 0 Å². The van der Waals surface area contributed by atoms with Gasteiger partial charge in [0.25, 0.3) is 0 Å². The van der Waals surface area contributed by atoms with Crippen LogP contribution in [0.2, 0.25) is 0 Å². The number of rotatable bonds is 11. The summed E-state index contributed by atoms with van der Waals surface area (Å²) in [6.07, 6.45) is 11.5. The average Bonchev–Trinajstić information content (AvgIpc) is 4.04. The number of aromatic nitrogens is 1. The van der Waals surface area contributed by atoms with Crippen molar-refractivity contribution in [2.45, 2.75) is 142 Å². The number of unbranched alkanes of at least 4 members (excludes halogenated alkanes) is 1. The van der Waals surface area contributed by atoms with E-state index in [-0.39, 0.29) is 69.6 Å². The van der Waals surface area contributed by atoms with Gasteiger partial charge in [0.2, 0.25) is 0 Å². The van der Waals surface area contributed by atoms with Crippen LogP contribution in [0.1, 0.15) is 98.8 Å². The number of nitrogens with one attached hydrogen (secondary N) is 3. The number of amides is 3. The van der Waals surface area contributed by atoms with Crippen molar-refractivity contribution in [2.24, 2.45) is 5.92 Å². The van der Waals surface area contributed by atoms with Gasteiger partial charge in [-0.3, -0.25) is 0 Å². The third kappa shape index (κ3) is 9.94. The predicted molar refractivity (Wildman–Crippen MR) is 225 cm³/mol. The number of allylic oxidation sites excluding steroid dienone is 2. The van der Waals surface area contributed by atoms with Gasteiger partial charge in [0.15, 0.2) is 0 Å². The van der Waals surface area contributed by atoms with Crippen LogP contribution in [0.4, 0.5) is 4.79 Å². The Kier molecular flexibility index (Phi) is 13.8. The molecule has 1 saturated carbocycles. The topological polar surface area (TPSA) is 175 Å². The van der Waals surface area contributed by atoms with Crippen molar-refractivity contribution in [3.63, 3.8) is 0 Å². The summed E-state index contributed by atoms with van der Waals surface area (Å²) in [5, 5.41) is 6.36. The Morgan fingerprint density at radius 1 is 1.08 bits per heavy atom. The van der Waals surface area contributed by atoms with Gasteiger partial charge in [-0.1, -0.05) is 18.1 Å². The fraction of sp³-hybridized carbons (Fsp3) is 0.605. The number of alkyl carbamates (subject to hydrolysis) is 1. The van der Waals surface area contributed by atoms with Crippen LogP contribution in [-0.2, 0) is 33.2 Å². The van der Waals surface area contributed by atoms with Crippen molar-refractivity contribution >= 4 is 57.8 Å². The summed E-state index contributed by atoms with van der Waals surface area (Å²) in [6.45, 7) is 10.0. The van der Waals surface area contributed by atoms with E-state index in [9.17, 15) is 24.0 Å². The van der Waals surface area contributed by atoms with Gasteiger partial charge in [-0.05, 0) is 47.0 Å². The second kappa shape index (κ2) is 18.5. The van der Waals surface area contributed by atoms with Gasteiger partial charge < -0.3 is 9.31 Å². The van der Waals surface area contributed by atoms with Crippen molar-refractivity contribution in [1.82, 2.24) is 20.5 Å². The Hall–Kier alpha value is -3.42. The van der Waals surface area contributed by atoms with Gasteiger partial charge in [0.05, 0.1) is 11.2 Å². The first-order valence-electron chi connectivity index (χ1n) is 21.2. The number of alkyl halides is 2. The molecule has 0 unspecified atom stereocenters. The molecule has 60 heavy (non-hydrogen) atoms. The minimum atomic E-state index is -1.13. The minimum absolute atomic E-state index is 0.00387. The molecule has 3 saturated heterocycles. The SMILES string of the molecule is CCOC(=O)[C@]12NC(=O)[C@@H]3C[C@@H](Oc4[nH]c5ccccc5c(=O)c4Br)CN3C(=O)[C@@H](NC(=O)O[C@@H]3C[C@H]3CCC/C=C/B3OC(C)(C)C(C)(C)O3)CCCCC/C=C\[C@@H]1[I-]2. The third-order valence-corrected chi connectivity index (χ3v) is 16.8. The number of H-pyrrole nitrogens is 1. The molecule has 7 rings (SSSR count). The number of hydrogen-bond donors (Lipinski definition) is 3. The number of nitrogens with zero attached hydrogens (tertiary/aromatic N) is 1. The van der Waals surface area contributed by atoms with Crippen LogP contribution in [0.15, 0.2) is 57.7 Å². The Labute approximate surface area is 370 Å². The molecule has 1 aromatic carbocycles. The molecule has 0 radical (unpaired) electrons. The zero-order valence-electron chi connectivity index (χ0n) is 34.9. The van der Waals surface area contributed by atoms with E-state index in [0.29, 0.717) is 23.7 Å². The Morgan fingerprint density at radius 2 is 1.85 bits per heavy atom. The number of esters is 1. The van der Waals surface area contributed by atoms with Gasteiger partial charge >= 0.3 is 287 Å². The molecule has 14 nitrogen and oxygen atoms in total. The molecular weight excluding hydrogens is 950 g/mol. The number of pyridine rings is 1. The molecule has 7 atom stereocenters. The molecule has 4 fully saturated rings. The molecule has 5 heterocycles. The van der Waals surface area contributed by atoms with Gasteiger partial charge in [-0.25, -0.2) is 0 Å². The summed E-state index contributed by atoms with van der Waals surface area (Å²) in [4.78, 5) is 73.5. The third-order valence-electron chi connectivity index (χ3n) is 12.3. The van der Waals surface area contributed by atoms with Crippen LogP contribution >= 0.6 is 15.9 Å². The van der Waals surface area contributed by atoms with Gasteiger partial charge in [-0.15, -0.1) is 0 Å². The Balaban J connectivity index is 1.02. The van der Waals surface area contributed by atoms with Crippen molar-refractivity contribution in [2.75, 3.05) is 13.2 Å². The van der Waals surface area contributed by atoms with E-state index in [1.165, 1.54) is 4.90 Å². The van der Waals surface area contributed by atoms with Crippen LogP contribution < -0.4 is 42.0 Å². The van der Waals surface area contributed by atoms with Crippen LogP contribution in [0.25, 0.3) is 10.9 Å². The second-order valence-corrected chi connectivity index (χ2v) is 21.7. The van der Waals surface area contributed by atoms with Gasteiger partial charge in [-0.2, -0.15) is 0 Å². The number of ether oxygens (including phenoxy) is 3. The van der Waals surface area contributed by atoms with Crippen molar-refractivity contribution in [1.29, 1.82) is 0 Å². The summed E-state index contributed by atoms with van der Waals surface area (Å²) in [5.41, 5.74) is -0.452. The quantitative estimate of drug-likeness (QED) is 0.0578. The Morgan fingerprint density at radius 3 is 2.62 bits per heavy atom. The van der Waals surface area contributed by atoms with E-state index in [2.05, 4.69) is 43.7 Å². The predicted octanol–water partition coefficient (Wildman–Crippen LogP) is 2.85. The molecule has 1 aliphatic carbocycles. The monoisotopic (exact) mass is 1010 g/mol. The van der Waals surface area contributed by atoms with E-state index in [1.807, 2.05) is 39.7 Å². The molecule has 1 aromatic heterocycles. The molecular formula is C43H56BBrIN4O10-. The summed E-state index contributed by atoms with van der Waals surface area (Å²) in [7, 11) is -0.376. The van der Waals surface area contributed by atoms with Crippen LogP contribution in [0, 0.1) is 5.92 Å². The molecule has 17 heteroatoms. The van der Waals surface area contributed by atoms with E-state index < -0.39 is 66.8 Å². The summed E-state index contributed by atoms with van der Waals surface area (Å²) < 4.78 is 28.6. The summed E-state index contributed by atoms with van der Waals surface area (Å²) >= 11 is 2.59. The number of carbonyl (C=O) groups is 4. The standard InChI is InChI=1S/C43H56BBrIN4O10/c1-6-56-39(54)43-33(46-43)21-13-9-7-8-12-20-30(48-40(55)58-32-23-26(32)17-11-10-16-22-44-59-41(2,3)42(4,5)60-44)38(53)50-25-27(24-31(50)36(52)49-43)57-37-34(45)35(51)28-18-14-15-19-29(28)47-37/h13-16,18-19,21-22,26-27,30-33H,6-12,17,20,23-25H2,1-5H3,(H,47,51)(H,48,55)(H,49,52)/q-1/b21-13-,22-16+/t26-,27-,30+,31+,32-,33+,43-/m1/s1. The van der Waals surface area contributed by atoms with Crippen LogP contribution in [0.5, 0.6) is 5.88 Å². The zero-order chi connectivity index (χ0) is 42.8. The summed E-state index contributed by atoms with van der Waals surface area (Å²) in [5.74, 6) is 0.978. The first-order valence-corrected chi connectivity index (χ1v) is 24.3. The first kappa shape index (κ1) is 44.6. The van der Waals surface area contributed by atoms with Crippen molar-refractivity contribution < 1.29 is 63.9 Å². The molecule has 3 N–H and O–H groups in total. The van der Waals surface area contributed by atoms with Crippen LogP contribution in [0.3, 0.4) is 0 Å². The first-order chi connectivity index (χ1) is 28.6. The van der Waals surface area contributed by atoms with Crippen LogP contribution in [-0.4, -0.2) is 97.0 Å². The number of carbonyl (C=O) groups excluding carboxylic acids is 4. The average molecular weight is 1010 g/mol. The summed E-state index contributed by atoms with van der Waals surface area (Å²) in [6, 6.07) is 5.08. The number of benzene rings is 1. The van der Waals surface area contributed by atoms with E-state index in [4.69, 9.17) is 23.5 Å². The molecule has 2 aromatic rings. The Bertz CT molecular complexity index is 2060. The number of fused-ring (bicyclic) bond motifs is 3. The van der Waals surface area contributed by atoms with E-state index in [1.54, 1.807) is 31.2 Å². The fourth-order valence-electron chi connectivity index (χ4n) is 8.05. The number of hydrogen-bond acceptors (Lipinski definition) is 10. The van der Waals surface area contributed by atoms with Gasteiger partial charge in [0, 0.05) is 0 Å². The molecule has 5 aliphatic rings. The molecule has 3 amide bonds. The van der Waals surface area contributed by atoms with E-state index in [0.717, 1.165) is 44.9 Å². The maximum atomic E-state index is 14.6. The molecule has 0 spiro atoms. The number of aromatic amines is 1. The zero-order valence-corrected chi connectivity index (χ0v) is 38.7. The maximum absolute atomic E-state index is 14.6. The van der Waals surface area contributed by atoms with E-state index >= 15 is 0 Å². The molecule has 326 valence electrons. The number of para-hydroxylation sites is 1. The molecule has 0 bridgehead atoms. The van der Waals surface area contributed by atoms with Crippen molar-refractivity contribution in [3.05, 3.63) is 63.2 Å². The fourth-order valence-corrected chi connectivity index (χ4v) is 11.3. The van der Waals surface area contributed by atoms with Crippen molar-refractivity contribution in [3.8, 4) is 5.88 Å². The normalized spacial score (nSPS) is 30.6. The number of halogens is 2.